The Hall–Kier alpha value is -2.69. The fraction of sp³-hybridized carbons (Fsp3) is 0.350. The highest BCUT2D eigenvalue weighted by Crippen LogP contribution is 2.31. The Morgan fingerprint density at radius 2 is 1.72 bits per heavy atom. The predicted octanol–water partition coefficient (Wildman–Crippen LogP) is 4.80. The summed E-state index contributed by atoms with van der Waals surface area (Å²) in [6.07, 6.45) is 0. The topological polar surface area (TPSA) is 61.0 Å². The van der Waals surface area contributed by atoms with Gasteiger partial charge < -0.3 is 9.26 Å². The Balaban J connectivity index is 2.02. The lowest BCUT2D eigenvalue weighted by Crippen LogP contribution is -2.11. The molecular formula is C20H23N3O2. The summed E-state index contributed by atoms with van der Waals surface area (Å²) in [5.74, 6) is 1.60. The molecule has 0 N–H and O–H groups in total. The summed E-state index contributed by atoms with van der Waals surface area (Å²) in [7, 11) is 0. The number of aromatic nitrogens is 3. The van der Waals surface area contributed by atoms with Crippen molar-refractivity contribution < 1.29 is 9.26 Å². The van der Waals surface area contributed by atoms with Crippen LogP contribution >= 0.6 is 0 Å². The minimum absolute atomic E-state index is 0.202. The third-order valence-electron chi connectivity index (χ3n) is 3.80. The second kappa shape index (κ2) is 6.67. The van der Waals surface area contributed by atoms with Crippen LogP contribution in [0.3, 0.4) is 0 Å². The van der Waals surface area contributed by atoms with Gasteiger partial charge in [0, 0.05) is 11.0 Å². The lowest BCUT2D eigenvalue weighted by Gasteiger charge is -2.11. The Bertz CT molecular complexity index is 861. The highest BCUT2D eigenvalue weighted by molar-refractivity contribution is 5.68. The van der Waals surface area contributed by atoms with Gasteiger partial charge in [0.05, 0.1) is 17.9 Å². The fourth-order valence-corrected chi connectivity index (χ4v) is 2.38. The largest absolute Gasteiger partial charge is 0.477 e. The van der Waals surface area contributed by atoms with Crippen molar-refractivity contribution >= 4 is 0 Å². The van der Waals surface area contributed by atoms with E-state index in [0.29, 0.717) is 24.2 Å². The smallest absolute Gasteiger partial charge is 0.232 e. The Labute approximate surface area is 148 Å². The summed E-state index contributed by atoms with van der Waals surface area (Å²) in [4.78, 5) is 9.18. The number of hydrogen-bond donors (Lipinski definition) is 0. The molecule has 0 aliphatic carbocycles. The van der Waals surface area contributed by atoms with Gasteiger partial charge in [0.15, 0.2) is 0 Å². The Kier molecular flexibility index (Phi) is 4.57. The molecule has 1 aromatic carbocycles. The monoisotopic (exact) mass is 337 g/mol. The highest BCUT2D eigenvalue weighted by Gasteiger charge is 2.24. The van der Waals surface area contributed by atoms with Crippen molar-refractivity contribution in [2.75, 3.05) is 6.61 Å². The zero-order chi connectivity index (χ0) is 18.0. The van der Waals surface area contributed by atoms with Crippen LogP contribution in [0.25, 0.3) is 22.6 Å². The first-order chi connectivity index (χ1) is 11.9. The number of pyridine rings is 1. The zero-order valence-corrected chi connectivity index (χ0v) is 15.3. The number of rotatable bonds is 4. The van der Waals surface area contributed by atoms with Crippen molar-refractivity contribution in [3.63, 3.8) is 0 Å². The van der Waals surface area contributed by atoms with E-state index in [-0.39, 0.29) is 5.41 Å². The Morgan fingerprint density at radius 1 is 1.00 bits per heavy atom. The maximum absolute atomic E-state index is 5.74. The normalized spacial score (nSPS) is 11.6. The molecule has 0 bridgehead atoms. The average Bonchev–Trinajstić information content (AvgIpc) is 3.06. The molecule has 0 amide bonds. The summed E-state index contributed by atoms with van der Waals surface area (Å²) < 4.78 is 11.1. The van der Waals surface area contributed by atoms with Crippen LogP contribution in [0, 0.1) is 6.92 Å². The summed E-state index contributed by atoms with van der Waals surface area (Å²) in [5, 5.41) is 4.10. The van der Waals surface area contributed by atoms with Crippen LogP contribution in [-0.4, -0.2) is 21.7 Å². The van der Waals surface area contributed by atoms with E-state index < -0.39 is 0 Å². The van der Waals surface area contributed by atoms with Gasteiger partial charge in [0.2, 0.25) is 17.6 Å². The molecule has 2 aromatic heterocycles. The number of aryl methyl sites for hydroxylation is 1. The van der Waals surface area contributed by atoms with Crippen molar-refractivity contribution in [2.24, 2.45) is 0 Å². The molecule has 5 heteroatoms. The Morgan fingerprint density at radius 3 is 2.32 bits per heavy atom. The summed E-state index contributed by atoms with van der Waals surface area (Å²) >= 11 is 0. The van der Waals surface area contributed by atoms with Crippen LogP contribution in [0.4, 0.5) is 0 Å². The fourth-order valence-electron chi connectivity index (χ4n) is 2.38. The first-order valence-electron chi connectivity index (χ1n) is 8.44. The average molecular weight is 337 g/mol. The first kappa shape index (κ1) is 17.1. The van der Waals surface area contributed by atoms with Crippen LogP contribution < -0.4 is 4.74 Å². The van der Waals surface area contributed by atoms with Gasteiger partial charge in [-0.25, -0.2) is 4.98 Å². The molecule has 2 heterocycles. The van der Waals surface area contributed by atoms with E-state index in [1.807, 2.05) is 39.8 Å². The van der Waals surface area contributed by atoms with Gasteiger partial charge in [-0.3, -0.25) is 0 Å². The minimum atomic E-state index is -0.202. The molecule has 5 nitrogen and oxygen atoms in total. The van der Waals surface area contributed by atoms with Crippen molar-refractivity contribution in [1.29, 1.82) is 0 Å². The van der Waals surface area contributed by atoms with Gasteiger partial charge >= 0.3 is 0 Å². The zero-order valence-electron chi connectivity index (χ0n) is 15.3. The highest BCUT2D eigenvalue weighted by atomic mass is 16.5. The van der Waals surface area contributed by atoms with Crippen LogP contribution in [0.2, 0.25) is 0 Å². The van der Waals surface area contributed by atoms with E-state index in [4.69, 9.17) is 9.26 Å². The van der Waals surface area contributed by atoms with Crippen molar-refractivity contribution in [1.82, 2.24) is 15.1 Å². The van der Waals surface area contributed by atoms with Crippen LogP contribution in [0.15, 0.2) is 40.9 Å². The molecule has 0 spiro atoms. The van der Waals surface area contributed by atoms with Gasteiger partial charge in [-0.1, -0.05) is 55.8 Å². The lowest BCUT2D eigenvalue weighted by atomic mass is 9.97. The molecular weight excluding hydrogens is 314 g/mol. The molecule has 25 heavy (non-hydrogen) atoms. The van der Waals surface area contributed by atoms with Gasteiger partial charge in [-0.15, -0.1) is 0 Å². The quantitative estimate of drug-likeness (QED) is 0.684. The third-order valence-corrected chi connectivity index (χ3v) is 3.80. The second-order valence-corrected chi connectivity index (χ2v) is 7.02. The van der Waals surface area contributed by atoms with E-state index in [0.717, 1.165) is 16.8 Å². The lowest BCUT2D eigenvalue weighted by molar-refractivity contribution is 0.319. The van der Waals surface area contributed by atoms with Gasteiger partial charge in [-0.2, -0.15) is 4.98 Å². The van der Waals surface area contributed by atoms with Crippen molar-refractivity contribution in [3.8, 4) is 28.5 Å². The molecule has 0 aliphatic rings. The third kappa shape index (κ3) is 3.71. The molecule has 130 valence electrons. The molecule has 0 saturated carbocycles. The van der Waals surface area contributed by atoms with Gasteiger partial charge in [0.25, 0.3) is 0 Å². The van der Waals surface area contributed by atoms with Gasteiger partial charge in [-0.05, 0) is 26.0 Å². The molecule has 0 radical (unpaired) electrons. The number of nitrogens with zero attached hydrogens (tertiary/aromatic N) is 3. The first-order valence-corrected chi connectivity index (χ1v) is 8.44. The maximum Gasteiger partial charge on any atom is 0.232 e. The number of benzene rings is 1. The van der Waals surface area contributed by atoms with Crippen molar-refractivity contribution in [2.45, 2.75) is 40.0 Å². The molecule has 3 aromatic rings. The van der Waals surface area contributed by atoms with Crippen LogP contribution in [0.1, 0.15) is 39.1 Å². The van der Waals surface area contributed by atoms with E-state index in [9.17, 15) is 0 Å². The molecule has 0 unspecified atom stereocenters. The molecule has 0 fully saturated rings. The van der Waals surface area contributed by atoms with E-state index in [1.165, 1.54) is 5.56 Å². The van der Waals surface area contributed by atoms with E-state index >= 15 is 0 Å². The maximum atomic E-state index is 5.74. The van der Waals surface area contributed by atoms with Crippen LogP contribution in [0.5, 0.6) is 5.88 Å². The molecule has 3 rings (SSSR count). The standard InChI is InChI=1S/C20H23N3O2/c1-6-24-18-15(17-22-19(25-23-17)20(3,4)5)11-12-16(21-18)14-9-7-13(2)8-10-14/h7-12H,6H2,1-5H3. The minimum Gasteiger partial charge on any atom is -0.477 e. The summed E-state index contributed by atoms with van der Waals surface area (Å²) in [6.45, 7) is 10.6. The molecule has 0 aliphatic heterocycles. The summed E-state index contributed by atoms with van der Waals surface area (Å²) in [6, 6.07) is 12.1. The number of ether oxygens (including phenoxy) is 1. The SMILES string of the molecule is CCOc1nc(-c2ccc(C)cc2)ccc1-c1noc(C(C)(C)C)n1. The van der Waals surface area contributed by atoms with E-state index in [1.54, 1.807) is 0 Å². The second-order valence-electron chi connectivity index (χ2n) is 7.02. The van der Waals surface area contributed by atoms with E-state index in [2.05, 4.69) is 46.3 Å². The number of hydrogen-bond acceptors (Lipinski definition) is 5. The van der Waals surface area contributed by atoms with Crippen molar-refractivity contribution in [3.05, 3.63) is 47.9 Å². The summed E-state index contributed by atoms with van der Waals surface area (Å²) in [5.41, 5.74) is 3.64. The molecule has 0 saturated heterocycles. The molecule has 0 atom stereocenters. The van der Waals surface area contributed by atoms with Gasteiger partial charge in [0.1, 0.15) is 0 Å². The predicted molar refractivity (Wildman–Crippen MR) is 97.6 cm³/mol. The van der Waals surface area contributed by atoms with Crippen LogP contribution in [-0.2, 0) is 5.41 Å².